The van der Waals surface area contributed by atoms with E-state index < -0.39 is 16.1 Å². The van der Waals surface area contributed by atoms with Gasteiger partial charge >= 0.3 is 0 Å². The molecule has 20 heavy (non-hydrogen) atoms. The Morgan fingerprint density at radius 3 is 2.75 bits per heavy atom. The summed E-state index contributed by atoms with van der Waals surface area (Å²) in [5, 5.41) is 11.6. The number of halogens is 2. The van der Waals surface area contributed by atoms with Gasteiger partial charge in [-0.25, -0.2) is 13.1 Å². The Bertz CT molecular complexity index is 607. The second-order valence-corrected chi connectivity index (χ2v) is 7.07. The first-order chi connectivity index (χ1) is 9.31. The normalized spacial score (nSPS) is 14.2. The van der Waals surface area contributed by atoms with E-state index in [1.807, 2.05) is 6.92 Å². The highest BCUT2D eigenvalue weighted by Crippen LogP contribution is 2.25. The SMILES string of the molecule is CCCC(NS(=O)(=O)c1ccc(Br)cc1Cl)/C(N)=N/O. The van der Waals surface area contributed by atoms with Crippen molar-refractivity contribution in [1.82, 2.24) is 4.72 Å². The molecule has 0 saturated heterocycles. The summed E-state index contributed by atoms with van der Waals surface area (Å²) in [5.41, 5.74) is 5.48. The van der Waals surface area contributed by atoms with Gasteiger partial charge in [-0.05, 0) is 24.6 Å². The van der Waals surface area contributed by atoms with Gasteiger partial charge in [-0.1, -0.05) is 46.0 Å². The lowest BCUT2D eigenvalue weighted by atomic mass is 10.2. The van der Waals surface area contributed by atoms with Crippen LogP contribution < -0.4 is 10.5 Å². The van der Waals surface area contributed by atoms with Crippen LogP contribution in [0.3, 0.4) is 0 Å². The lowest BCUT2D eigenvalue weighted by molar-refractivity contribution is 0.315. The van der Waals surface area contributed by atoms with Crippen molar-refractivity contribution in [3.8, 4) is 0 Å². The quantitative estimate of drug-likeness (QED) is 0.303. The standard InChI is InChI=1S/C11H15BrClN3O3S/c1-2-3-9(11(14)15-17)16-20(18,19)10-5-4-7(12)6-8(10)13/h4-6,9,16-17H,2-3H2,1H3,(H2,14,15). The second-order valence-electron chi connectivity index (χ2n) is 4.06. The van der Waals surface area contributed by atoms with Gasteiger partial charge in [0.05, 0.1) is 11.1 Å². The molecule has 112 valence electrons. The van der Waals surface area contributed by atoms with E-state index >= 15 is 0 Å². The molecule has 0 aliphatic rings. The molecule has 1 rings (SSSR count). The molecule has 0 aliphatic heterocycles. The Kier molecular flexibility index (Phi) is 6.25. The van der Waals surface area contributed by atoms with Crippen molar-refractivity contribution in [3.63, 3.8) is 0 Å². The van der Waals surface area contributed by atoms with E-state index in [1.165, 1.54) is 12.1 Å². The third kappa shape index (κ3) is 4.34. The number of oxime groups is 1. The highest BCUT2D eigenvalue weighted by Gasteiger charge is 2.24. The molecule has 0 fully saturated rings. The number of hydrogen-bond acceptors (Lipinski definition) is 4. The third-order valence-corrected chi connectivity index (χ3v) is 4.98. The van der Waals surface area contributed by atoms with Gasteiger partial charge in [-0.3, -0.25) is 0 Å². The van der Waals surface area contributed by atoms with Crippen LogP contribution in [0.2, 0.25) is 5.02 Å². The molecule has 0 heterocycles. The third-order valence-electron chi connectivity index (χ3n) is 2.53. The molecule has 9 heteroatoms. The van der Waals surface area contributed by atoms with E-state index in [0.717, 1.165) is 0 Å². The minimum atomic E-state index is -3.86. The largest absolute Gasteiger partial charge is 0.409 e. The average Bonchev–Trinajstić information content (AvgIpc) is 2.36. The lowest BCUT2D eigenvalue weighted by Crippen LogP contribution is -2.44. The summed E-state index contributed by atoms with van der Waals surface area (Å²) >= 11 is 9.13. The molecule has 0 aromatic heterocycles. The zero-order chi connectivity index (χ0) is 15.3. The van der Waals surface area contributed by atoms with Crippen LogP contribution in [0, 0.1) is 0 Å². The number of hydrogen-bond donors (Lipinski definition) is 3. The maximum Gasteiger partial charge on any atom is 0.242 e. The van der Waals surface area contributed by atoms with E-state index in [1.54, 1.807) is 6.07 Å². The van der Waals surface area contributed by atoms with E-state index in [9.17, 15) is 8.42 Å². The van der Waals surface area contributed by atoms with Crippen LogP contribution in [-0.4, -0.2) is 25.5 Å². The molecule has 0 saturated carbocycles. The summed E-state index contributed by atoms with van der Waals surface area (Å²) in [6, 6.07) is 3.65. The fourth-order valence-electron chi connectivity index (χ4n) is 1.57. The van der Waals surface area contributed by atoms with E-state index in [0.29, 0.717) is 17.3 Å². The minimum absolute atomic E-state index is 0.0609. The summed E-state index contributed by atoms with van der Waals surface area (Å²) < 4.78 is 27.6. The molecule has 0 bridgehead atoms. The van der Waals surface area contributed by atoms with Gasteiger partial charge in [0.25, 0.3) is 0 Å². The monoisotopic (exact) mass is 383 g/mol. The van der Waals surface area contributed by atoms with Gasteiger partial charge in [0.1, 0.15) is 4.90 Å². The van der Waals surface area contributed by atoms with Crippen LogP contribution in [0.25, 0.3) is 0 Å². The van der Waals surface area contributed by atoms with Gasteiger partial charge in [-0.2, -0.15) is 0 Å². The van der Waals surface area contributed by atoms with Gasteiger partial charge in [0.15, 0.2) is 5.84 Å². The fraction of sp³-hybridized carbons (Fsp3) is 0.364. The highest BCUT2D eigenvalue weighted by molar-refractivity contribution is 9.10. The van der Waals surface area contributed by atoms with Crippen LogP contribution in [0.5, 0.6) is 0 Å². The molecular weight excluding hydrogens is 370 g/mol. The summed E-state index contributed by atoms with van der Waals surface area (Å²) in [6.07, 6.45) is 1.07. The number of nitrogens with one attached hydrogen (secondary N) is 1. The van der Waals surface area contributed by atoms with Crippen LogP contribution in [0.4, 0.5) is 0 Å². The van der Waals surface area contributed by atoms with Crippen molar-refractivity contribution in [3.05, 3.63) is 27.7 Å². The second kappa shape index (κ2) is 7.26. The first-order valence-electron chi connectivity index (χ1n) is 5.76. The molecule has 4 N–H and O–H groups in total. The number of nitrogens with two attached hydrogens (primary N) is 1. The van der Waals surface area contributed by atoms with Crippen LogP contribution >= 0.6 is 27.5 Å². The molecular formula is C11H15BrClN3O3S. The van der Waals surface area contributed by atoms with E-state index in [-0.39, 0.29) is 15.8 Å². The molecule has 0 amide bonds. The summed E-state index contributed by atoms with van der Waals surface area (Å²) in [4.78, 5) is -0.0609. The molecule has 1 unspecified atom stereocenters. The topological polar surface area (TPSA) is 105 Å². The molecule has 1 aromatic rings. The maximum atomic E-state index is 12.3. The summed E-state index contributed by atoms with van der Waals surface area (Å²) in [5.74, 6) is -0.191. The molecule has 1 aromatic carbocycles. The van der Waals surface area contributed by atoms with Crippen molar-refractivity contribution >= 4 is 43.4 Å². The maximum absolute atomic E-state index is 12.3. The van der Waals surface area contributed by atoms with Gasteiger partial charge in [0, 0.05) is 4.47 Å². The van der Waals surface area contributed by atoms with Crippen LogP contribution in [0.1, 0.15) is 19.8 Å². The van der Waals surface area contributed by atoms with E-state index in [2.05, 4.69) is 25.8 Å². The van der Waals surface area contributed by atoms with Crippen molar-refractivity contribution < 1.29 is 13.6 Å². The van der Waals surface area contributed by atoms with Gasteiger partial charge in [-0.15, -0.1) is 0 Å². The Balaban J connectivity index is 3.09. The molecule has 1 atom stereocenters. The Hall–Kier alpha value is -0.830. The van der Waals surface area contributed by atoms with Crippen molar-refractivity contribution in [2.45, 2.75) is 30.7 Å². The fourth-order valence-corrected chi connectivity index (χ4v) is 3.85. The van der Waals surface area contributed by atoms with Gasteiger partial charge < -0.3 is 10.9 Å². The van der Waals surface area contributed by atoms with E-state index in [4.69, 9.17) is 22.5 Å². The first kappa shape index (κ1) is 17.2. The molecule has 6 nitrogen and oxygen atoms in total. The Morgan fingerprint density at radius 2 is 2.25 bits per heavy atom. The van der Waals surface area contributed by atoms with Crippen molar-refractivity contribution in [1.29, 1.82) is 0 Å². The number of sulfonamides is 1. The Morgan fingerprint density at radius 1 is 1.60 bits per heavy atom. The predicted octanol–water partition coefficient (Wildman–Crippen LogP) is 2.30. The lowest BCUT2D eigenvalue weighted by Gasteiger charge is -2.17. The Labute approximate surface area is 131 Å². The predicted molar refractivity (Wildman–Crippen MR) is 81.6 cm³/mol. The summed E-state index contributed by atoms with van der Waals surface area (Å²) in [7, 11) is -3.86. The van der Waals surface area contributed by atoms with Crippen LogP contribution in [0.15, 0.2) is 32.7 Å². The molecule has 0 spiro atoms. The number of amidine groups is 1. The number of rotatable bonds is 6. The zero-order valence-electron chi connectivity index (χ0n) is 10.7. The van der Waals surface area contributed by atoms with Crippen molar-refractivity contribution in [2.75, 3.05) is 0 Å². The smallest absolute Gasteiger partial charge is 0.242 e. The molecule has 0 radical (unpaired) electrons. The highest BCUT2D eigenvalue weighted by atomic mass is 79.9. The zero-order valence-corrected chi connectivity index (χ0v) is 13.8. The van der Waals surface area contributed by atoms with Gasteiger partial charge in [0.2, 0.25) is 10.0 Å². The minimum Gasteiger partial charge on any atom is -0.409 e. The van der Waals surface area contributed by atoms with Crippen molar-refractivity contribution in [2.24, 2.45) is 10.9 Å². The number of nitrogens with zero attached hydrogens (tertiary/aromatic N) is 1. The van der Waals surface area contributed by atoms with Crippen LogP contribution in [-0.2, 0) is 10.0 Å². The average molecular weight is 385 g/mol. The molecule has 0 aliphatic carbocycles. The summed E-state index contributed by atoms with van der Waals surface area (Å²) in [6.45, 7) is 1.86. The first-order valence-corrected chi connectivity index (χ1v) is 8.42. The number of benzene rings is 1.